The van der Waals surface area contributed by atoms with Gasteiger partial charge in [-0.15, -0.1) is 5.10 Å². The molecule has 0 atom stereocenters. The third kappa shape index (κ3) is 4.94. The van der Waals surface area contributed by atoms with Crippen molar-refractivity contribution < 1.29 is 18.4 Å². The predicted molar refractivity (Wildman–Crippen MR) is 92.6 cm³/mol. The molecule has 2 N–H and O–H groups in total. The van der Waals surface area contributed by atoms with E-state index in [1.165, 1.54) is 41.3 Å². The maximum absolute atomic E-state index is 13.5. The number of carbonyl (C=O) groups excluding carboxylic acids is 2. The van der Waals surface area contributed by atoms with Gasteiger partial charge < -0.3 is 5.32 Å². The fourth-order valence-electron chi connectivity index (χ4n) is 2.24. The van der Waals surface area contributed by atoms with Crippen molar-refractivity contribution in [2.75, 3.05) is 5.32 Å². The van der Waals surface area contributed by atoms with Crippen LogP contribution < -0.4 is 10.6 Å². The van der Waals surface area contributed by atoms with Crippen LogP contribution in [0, 0.1) is 11.6 Å². The highest BCUT2D eigenvalue weighted by Gasteiger charge is 2.11. The Labute approximate surface area is 153 Å². The number of rotatable bonds is 6. The van der Waals surface area contributed by atoms with Crippen molar-refractivity contribution in [1.82, 2.24) is 20.1 Å². The molecular formula is C18H15F2N5O2. The van der Waals surface area contributed by atoms with Crippen LogP contribution in [-0.4, -0.2) is 26.6 Å². The van der Waals surface area contributed by atoms with E-state index in [0.29, 0.717) is 5.56 Å². The van der Waals surface area contributed by atoms with Gasteiger partial charge in [0.05, 0.1) is 0 Å². The summed E-state index contributed by atoms with van der Waals surface area (Å²) < 4.78 is 27.6. The normalized spacial score (nSPS) is 10.4. The molecule has 9 heteroatoms. The van der Waals surface area contributed by atoms with Crippen LogP contribution in [0.1, 0.15) is 15.9 Å². The van der Waals surface area contributed by atoms with E-state index >= 15 is 0 Å². The maximum Gasteiger partial charge on any atom is 0.258 e. The van der Waals surface area contributed by atoms with Crippen molar-refractivity contribution in [2.45, 2.75) is 13.1 Å². The zero-order chi connectivity index (χ0) is 19.2. The number of anilines is 1. The van der Waals surface area contributed by atoms with Gasteiger partial charge in [0.1, 0.15) is 24.5 Å². The molecule has 0 aliphatic heterocycles. The van der Waals surface area contributed by atoms with E-state index in [-0.39, 0.29) is 30.5 Å². The standard InChI is InChI=1S/C18H15F2N5O2/c19-14-7-5-12(6-8-14)17(27)23-18-22-11-25(24-18)10-16(26)21-9-13-3-1-2-4-15(13)20/h1-8,11H,9-10H2,(H,21,26)(H,23,24,27). The highest BCUT2D eigenvalue weighted by Crippen LogP contribution is 2.07. The average molecular weight is 371 g/mol. The first-order chi connectivity index (χ1) is 13.0. The molecule has 0 aliphatic carbocycles. The van der Waals surface area contributed by atoms with Gasteiger partial charge >= 0.3 is 0 Å². The van der Waals surface area contributed by atoms with Crippen molar-refractivity contribution in [2.24, 2.45) is 0 Å². The molecule has 0 radical (unpaired) electrons. The van der Waals surface area contributed by atoms with Crippen LogP contribution in [0.15, 0.2) is 54.9 Å². The first kappa shape index (κ1) is 18.2. The van der Waals surface area contributed by atoms with Crippen LogP contribution >= 0.6 is 0 Å². The molecule has 0 fully saturated rings. The number of hydrogen-bond acceptors (Lipinski definition) is 4. The Kier molecular flexibility index (Phi) is 5.50. The predicted octanol–water partition coefficient (Wildman–Crippen LogP) is 2.12. The SMILES string of the molecule is O=C(Cn1cnc(NC(=O)c2ccc(F)cc2)n1)NCc1ccccc1F. The smallest absolute Gasteiger partial charge is 0.258 e. The Morgan fingerprint density at radius 2 is 1.78 bits per heavy atom. The molecule has 1 heterocycles. The Hall–Kier alpha value is -3.62. The first-order valence-corrected chi connectivity index (χ1v) is 7.98. The van der Waals surface area contributed by atoms with Gasteiger partial charge in [0.2, 0.25) is 11.9 Å². The summed E-state index contributed by atoms with van der Waals surface area (Å²) in [6, 6.07) is 11.1. The van der Waals surface area contributed by atoms with Gasteiger partial charge in [-0.1, -0.05) is 18.2 Å². The van der Waals surface area contributed by atoms with E-state index in [4.69, 9.17) is 0 Å². The molecule has 2 aromatic carbocycles. The minimum absolute atomic E-state index is 0.00577. The van der Waals surface area contributed by atoms with E-state index in [9.17, 15) is 18.4 Å². The molecule has 0 saturated carbocycles. The highest BCUT2D eigenvalue weighted by atomic mass is 19.1. The lowest BCUT2D eigenvalue weighted by molar-refractivity contribution is -0.122. The van der Waals surface area contributed by atoms with Crippen LogP contribution in [0.4, 0.5) is 14.7 Å². The lowest BCUT2D eigenvalue weighted by Crippen LogP contribution is -2.27. The third-order valence-corrected chi connectivity index (χ3v) is 3.61. The number of halogens is 2. The van der Waals surface area contributed by atoms with Gasteiger partial charge in [0, 0.05) is 17.7 Å². The lowest BCUT2D eigenvalue weighted by atomic mass is 10.2. The van der Waals surface area contributed by atoms with Gasteiger partial charge in [-0.25, -0.2) is 18.4 Å². The highest BCUT2D eigenvalue weighted by molar-refractivity contribution is 6.03. The number of amides is 2. The van der Waals surface area contributed by atoms with Crippen molar-refractivity contribution in [1.29, 1.82) is 0 Å². The second kappa shape index (κ2) is 8.17. The van der Waals surface area contributed by atoms with Crippen LogP contribution in [0.3, 0.4) is 0 Å². The van der Waals surface area contributed by atoms with Crippen molar-refractivity contribution in [3.05, 3.63) is 77.6 Å². The molecule has 0 bridgehead atoms. The van der Waals surface area contributed by atoms with Crippen LogP contribution in [0.2, 0.25) is 0 Å². The monoisotopic (exact) mass is 371 g/mol. The zero-order valence-corrected chi connectivity index (χ0v) is 14.0. The molecule has 0 unspecified atom stereocenters. The summed E-state index contributed by atoms with van der Waals surface area (Å²) in [7, 11) is 0. The Balaban J connectivity index is 1.53. The summed E-state index contributed by atoms with van der Waals surface area (Å²) in [6.07, 6.45) is 1.28. The fourth-order valence-corrected chi connectivity index (χ4v) is 2.24. The van der Waals surface area contributed by atoms with Gasteiger partial charge in [-0.05, 0) is 30.3 Å². The lowest BCUT2D eigenvalue weighted by Gasteiger charge is -2.06. The number of aromatic nitrogens is 3. The molecule has 3 rings (SSSR count). The number of carbonyl (C=O) groups is 2. The second-order valence-electron chi connectivity index (χ2n) is 5.59. The molecule has 7 nitrogen and oxygen atoms in total. The van der Waals surface area contributed by atoms with Crippen LogP contribution in [0.5, 0.6) is 0 Å². The summed E-state index contributed by atoms with van der Waals surface area (Å²) in [5.41, 5.74) is 0.618. The minimum atomic E-state index is -0.503. The van der Waals surface area contributed by atoms with Crippen molar-refractivity contribution in [3.8, 4) is 0 Å². The van der Waals surface area contributed by atoms with E-state index in [1.54, 1.807) is 18.2 Å². The zero-order valence-electron chi connectivity index (χ0n) is 14.0. The van der Waals surface area contributed by atoms with Crippen LogP contribution in [-0.2, 0) is 17.9 Å². The van der Waals surface area contributed by atoms with Gasteiger partial charge in [0.15, 0.2) is 0 Å². The first-order valence-electron chi connectivity index (χ1n) is 7.98. The van der Waals surface area contributed by atoms with E-state index in [0.717, 1.165) is 0 Å². The Morgan fingerprint density at radius 1 is 1.04 bits per heavy atom. The second-order valence-corrected chi connectivity index (χ2v) is 5.59. The van der Waals surface area contributed by atoms with Crippen molar-refractivity contribution >= 4 is 17.8 Å². The Morgan fingerprint density at radius 3 is 2.52 bits per heavy atom. The molecule has 2 amide bonds. The van der Waals surface area contributed by atoms with Crippen molar-refractivity contribution in [3.63, 3.8) is 0 Å². The molecule has 0 aliphatic rings. The molecule has 3 aromatic rings. The largest absolute Gasteiger partial charge is 0.350 e. The topological polar surface area (TPSA) is 88.9 Å². The Bertz CT molecular complexity index is 956. The van der Waals surface area contributed by atoms with Gasteiger partial charge in [0.25, 0.3) is 5.91 Å². The van der Waals surface area contributed by atoms with E-state index < -0.39 is 17.5 Å². The third-order valence-electron chi connectivity index (χ3n) is 3.61. The number of nitrogens with one attached hydrogen (secondary N) is 2. The fraction of sp³-hybridized carbons (Fsp3) is 0.111. The number of benzene rings is 2. The maximum atomic E-state index is 13.5. The molecule has 0 spiro atoms. The van der Waals surface area contributed by atoms with Crippen LogP contribution in [0.25, 0.3) is 0 Å². The van der Waals surface area contributed by atoms with E-state index in [2.05, 4.69) is 20.7 Å². The molecule has 138 valence electrons. The average Bonchev–Trinajstić information content (AvgIpc) is 3.08. The molecule has 1 aromatic heterocycles. The summed E-state index contributed by atoms with van der Waals surface area (Å²) >= 11 is 0. The summed E-state index contributed by atoms with van der Waals surface area (Å²) in [5, 5.41) is 9.00. The van der Waals surface area contributed by atoms with Gasteiger partial charge in [-0.2, -0.15) is 0 Å². The van der Waals surface area contributed by atoms with Gasteiger partial charge in [-0.3, -0.25) is 14.9 Å². The molecule has 27 heavy (non-hydrogen) atoms. The summed E-state index contributed by atoms with van der Waals surface area (Å²) in [6.45, 7) is -0.0950. The number of hydrogen-bond donors (Lipinski definition) is 2. The summed E-state index contributed by atoms with van der Waals surface area (Å²) in [5.74, 6) is -1.73. The molecule has 0 saturated heterocycles. The summed E-state index contributed by atoms with van der Waals surface area (Å²) in [4.78, 5) is 27.8. The quantitative estimate of drug-likeness (QED) is 0.695. The number of nitrogens with zero attached hydrogens (tertiary/aromatic N) is 3. The molecular weight excluding hydrogens is 356 g/mol. The van der Waals surface area contributed by atoms with E-state index in [1.807, 2.05) is 0 Å². The minimum Gasteiger partial charge on any atom is -0.350 e.